The normalized spacial score (nSPS) is 12.7. The second-order valence-corrected chi connectivity index (χ2v) is 6.65. The van der Waals surface area contributed by atoms with Gasteiger partial charge in [-0.15, -0.1) is 0 Å². The van der Waals surface area contributed by atoms with Gasteiger partial charge in [-0.25, -0.2) is 8.42 Å². The number of nitriles is 1. The standard InChI is InChI=1S/C13H18N2O3S/c1-10(6-14)8-19(16,17)9-11-3-4-13(18-2)12(5-11)7-15/h3-5,10H,6,8-9,14H2,1-2H3. The van der Waals surface area contributed by atoms with Crippen LogP contribution in [0, 0.1) is 17.2 Å². The zero-order valence-corrected chi connectivity index (χ0v) is 11.9. The first-order valence-electron chi connectivity index (χ1n) is 5.89. The largest absolute Gasteiger partial charge is 0.495 e. The lowest BCUT2D eigenvalue weighted by Crippen LogP contribution is -2.22. The highest BCUT2D eigenvalue weighted by Crippen LogP contribution is 2.20. The molecule has 1 rings (SSSR count). The van der Waals surface area contributed by atoms with Crippen molar-refractivity contribution in [3.05, 3.63) is 29.3 Å². The van der Waals surface area contributed by atoms with E-state index in [4.69, 9.17) is 15.7 Å². The van der Waals surface area contributed by atoms with Gasteiger partial charge in [-0.1, -0.05) is 13.0 Å². The highest BCUT2D eigenvalue weighted by molar-refractivity contribution is 7.90. The maximum absolute atomic E-state index is 12.0. The van der Waals surface area contributed by atoms with Gasteiger partial charge in [0.05, 0.1) is 24.2 Å². The summed E-state index contributed by atoms with van der Waals surface area (Å²) >= 11 is 0. The average Bonchev–Trinajstić information content (AvgIpc) is 2.37. The third-order valence-electron chi connectivity index (χ3n) is 2.71. The molecule has 0 saturated carbocycles. The molecule has 6 heteroatoms. The molecule has 0 aliphatic heterocycles. The first-order valence-corrected chi connectivity index (χ1v) is 7.71. The van der Waals surface area contributed by atoms with Gasteiger partial charge in [-0.3, -0.25) is 0 Å². The molecule has 0 heterocycles. The van der Waals surface area contributed by atoms with Gasteiger partial charge in [-0.05, 0) is 30.2 Å². The maximum atomic E-state index is 12.0. The molecule has 0 aliphatic rings. The molecular weight excluding hydrogens is 264 g/mol. The molecule has 1 aromatic rings. The number of hydrogen-bond donors (Lipinski definition) is 1. The van der Waals surface area contributed by atoms with E-state index in [2.05, 4.69) is 0 Å². The first kappa shape index (κ1) is 15.5. The Kier molecular flexibility index (Phi) is 5.33. The third kappa shape index (κ3) is 4.54. The van der Waals surface area contributed by atoms with Crippen molar-refractivity contribution < 1.29 is 13.2 Å². The summed E-state index contributed by atoms with van der Waals surface area (Å²) < 4.78 is 28.9. The molecule has 0 spiro atoms. The van der Waals surface area contributed by atoms with Crippen LogP contribution < -0.4 is 10.5 Å². The number of nitrogens with zero attached hydrogens (tertiary/aromatic N) is 1. The van der Waals surface area contributed by atoms with E-state index in [1.54, 1.807) is 25.1 Å². The van der Waals surface area contributed by atoms with Crippen LogP contribution in [-0.2, 0) is 15.6 Å². The topological polar surface area (TPSA) is 93.2 Å². The summed E-state index contributed by atoms with van der Waals surface area (Å²) in [6.07, 6.45) is 0. The SMILES string of the molecule is COc1ccc(CS(=O)(=O)CC(C)CN)cc1C#N. The quantitative estimate of drug-likeness (QED) is 0.842. The van der Waals surface area contributed by atoms with Gasteiger partial charge in [0, 0.05) is 0 Å². The van der Waals surface area contributed by atoms with E-state index in [9.17, 15) is 8.42 Å². The van der Waals surface area contributed by atoms with Gasteiger partial charge in [0.25, 0.3) is 0 Å². The van der Waals surface area contributed by atoms with Crippen molar-refractivity contribution in [2.45, 2.75) is 12.7 Å². The van der Waals surface area contributed by atoms with Crippen LogP contribution in [0.2, 0.25) is 0 Å². The Bertz CT molecular complexity index is 576. The molecule has 104 valence electrons. The fraction of sp³-hybridized carbons (Fsp3) is 0.462. The van der Waals surface area contributed by atoms with Crippen molar-refractivity contribution in [2.75, 3.05) is 19.4 Å². The fourth-order valence-corrected chi connectivity index (χ4v) is 3.56. The number of ether oxygens (including phenoxy) is 1. The molecule has 1 unspecified atom stereocenters. The molecule has 1 atom stereocenters. The molecule has 0 bridgehead atoms. The summed E-state index contributed by atoms with van der Waals surface area (Å²) in [6, 6.07) is 6.79. The minimum atomic E-state index is -3.22. The van der Waals surface area contributed by atoms with Crippen LogP contribution in [0.3, 0.4) is 0 Å². The van der Waals surface area contributed by atoms with Crippen molar-refractivity contribution in [3.8, 4) is 11.8 Å². The van der Waals surface area contributed by atoms with Crippen LogP contribution in [0.15, 0.2) is 18.2 Å². The Morgan fingerprint density at radius 1 is 1.47 bits per heavy atom. The van der Waals surface area contributed by atoms with Gasteiger partial charge < -0.3 is 10.5 Å². The predicted molar refractivity (Wildman–Crippen MR) is 73.4 cm³/mol. The Morgan fingerprint density at radius 2 is 2.16 bits per heavy atom. The summed E-state index contributed by atoms with van der Waals surface area (Å²) in [6.45, 7) is 2.14. The van der Waals surface area contributed by atoms with Gasteiger partial charge >= 0.3 is 0 Å². The highest BCUT2D eigenvalue weighted by atomic mass is 32.2. The van der Waals surface area contributed by atoms with E-state index in [1.165, 1.54) is 7.11 Å². The molecule has 0 aromatic heterocycles. The van der Waals surface area contributed by atoms with Gasteiger partial charge in [-0.2, -0.15) is 5.26 Å². The van der Waals surface area contributed by atoms with Crippen LogP contribution in [0.4, 0.5) is 0 Å². The van der Waals surface area contributed by atoms with Crippen molar-refractivity contribution in [2.24, 2.45) is 11.7 Å². The van der Waals surface area contributed by atoms with Gasteiger partial charge in [0.1, 0.15) is 11.8 Å². The Balaban J connectivity index is 2.92. The van der Waals surface area contributed by atoms with Gasteiger partial charge in [0.15, 0.2) is 9.84 Å². The highest BCUT2D eigenvalue weighted by Gasteiger charge is 2.16. The molecule has 1 aromatic carbocycles. The van der Waals surface area contributed by atoms with E-state index >= 15 is 0 Å². The number of methoxy groups -OCH3 is 1. The van der Waals surface area contributed by atoms with Crippen molar-refractivity contribution >= 4 is 9.84 Å². The Labute approximate surface area is 113 Å². The summed E-state index contributed by atoms with van der Waals surface area (Å²) in [5.74, 6) is 0.339. The molecular formula is C13H18N2O3S. The molecule has 0 saturated heterocycles. The molecule has 0 fully saturated rings. The molecule has 0 amide bonds. The second kappa shape index (κ2) is 6.55. The number of sulfone groups is 1. The van der Waals surface area contributed by atoms with Crippen molar-refractivity contribution in [3.63, 3.8) is 0 Å². The van der Waals surface area contributed by atoms with Crippen molar-refractivity contribution in [1.29, 1.82) is 5.26 Å². The third-order valence-corrected chi connectivity index (χ3v) is 4.56. The van der Waals surface area contributed by atoms with E-state index < -0.39 is 9.84 Å². The van der Waals surface area contributed by atoms with Crippen LogP contribution in [-0.4, -0.2) is 27.8 Å². The zero-order valence-electron chi connectivity index (χ0n) is 11.1. The number of rotatable bonds is 6. The Hall–Kier alpha value is -1.58. The lowest BCUT2D eigenvalue weighted by atomic mass is 10.1. The second-order valence-electron chi connectivity index (χ2n) is 4.54. The van der Waals surface area contributed by atoms with E-state index in [1.807, 2.05) is 6.07 Å². The van der Waals surface area contributed by atoms with E-state index in [-0.39, 0.29) is 17.4 Å². The Morgan fingerprint density at radius 3 is 2.68 bits per heavy atom. The number of hydrogen-bond acceptors (Lipinski definition) is 5. The van der Waals surface area contributed by atoms with Crippen LogP contribution in [0.25, 0.3) is 0 Å². The monoisotopic (exact) mass is 282 g/mol. The minimum absolute atomic E-state index is 0.0530. The summed E-state index contributed by atoms with van der Waals surface area (Å²) in [7, 11) is -1.75. The van der Waals surface area contributed by atoms with Crippen molar-refractivity contribution in [1.82, 2.24) is 0 Å². The molecule has 2 N–H and O–H groups in total. The van der Waals surface area contributed by atoms with Crippen LogP contribution >= 0.6 is 0 Å². The summed E-state index contributed by atoms with van der Waals surface area (Å²) in [4.78, 5) is 0. The zero-order chi connectivity index (χ0) is 14.5. The van der Waals surface area contributed by atoms with E-state index in [0.29, 0.717) is 23.4 Å². The van der Waals surface area contributed by atoms with Gasteiger partial charge in [0.2, 0.25) is 0 Å². The molecule has 5 nitrogen and oxygen atoms in total. The maximum Gasteiger partial charge on any atom is 0.154 e. The fourth-order valence-electron chi connectivity index (χ4n) is 1.75. The van der Waals surface area contributed by atoms with Crippen LogP contribution in [0.5, 0.6) is 5.75 Å². The van der Waals surface area contributed by atoms with E-state index in [0.717, 1.165) is 0 Å². The summed E-state index contributed by atoms with van der Waals surface area (Å²) in [5, 5.41) is 8.96. The number of nitrogens with two attached hydrogens (primary N) is 1. The average molecular weight is 282 g/mol. The molecule has 19 heavy (non-hydrogen) atoms. The lowest BCUT2D eigenvalue weighted by Gasteiger charge is -2.10. The predicted octanol–water partition coefficient (Wildman–Crippen LogP) is 1.08. The first-order chi connectivity index (χ1) is 8.91. The molecule has 0 radical (unpaired) electrons. The molecule has 0 aliphatic carbocycles. The summed E-state index contributed by atoms with van der Waals surface area (Å²) in [5.41, 5.74) is 6.35. The smallest absolute Gasteiger partial charge is 0.154 e. The van der Waals surface area contributed by atoms with Crippen LogP contribution in [0.1, 0.15) is 18.1 Å². The minimum Gasteiger partial charge on any atom is -0.495 e. The lowest BCUT2D eigenvalue weighted by molar-refractivity contribution is 0.413. The number of benzene rings is 1.